The van der Waals surface area contributed by atoms with Gasteiger partial charge < -0.3 is 26.8 Å². The van der Waals surface area contributed by atoms with Gasteiger partial charge in [0.15, 0.2) is 0 Å². The number of hydrogen-bond donors (Lipinski definition) is 5. The summed E-state index contributed by atoms with van der Waals surface area (Å²) < 4.78 is 0. The summed E-state index contributed by atoms with van der Waals surface area (Å²) in [7, 11) is 0. The fourth-order valence-corrected chi connectivity index (χ4v) is 5.04. The van der Waals surface area contributed by atoms with Gasteiger partial charge in [0.25, 0.3) is 16.8 Å². The minimum Gasteiger partial charge on any atom is -0.478 e. The molecule has 0 aliphatic heterocycles. The van der Waals surface area contributed by atoms with E-state index in [1.807, 2.05) is 0 Å². The molecule has 0 saturated carbocycles. The molecule has 1 atom stereocenters. The molecule has 12 heteroatoms. The molecule has 0 bridgehead atoms. The molecular weight excluding hydrogens is 528 g/mol. The molecule has 0 fully saturated rings. The van der Waals surface area contributed by atoms with Crippen LogP contribution < -0.4 is 32.5 Å². The number of carbonyl (C=O) groups is 3. The zero-order valence-electron chi connectivity index (χ0n) is 22.0. The zero-order chi connectivity index (χ0) is 29.3. The number of amides is 2. The van der Waals surface area contributed by atoms with E-state index in [4.69, 9.17) is 5.73 Å². The zero-order valence-corrected chi connectivity index (χ0v) is 22.0. The third-order valence-electron chi connectivity index (χ3n) is 7.17. The van der Waals surface area contributed by atoms with Gasteiger partial charge in [0.05, 0.1) is 18.0 Å². The first kappa shape index (κ1) is 27.2. The van der Waals surface area contributed by atoms with Crippen molar-refractivity contribution in [2.45, 2.75) is 38.8 Å². The van der Waals surface area contributed by atoms with Crippen molar-refractivity contribution >= 4 is 35.0 Å². The number of hydrogen-bond acceptors (Lipinski definition) is 9. The highest BCUT2D eigenvalue weighted by atomic mass is 16.4. The summed E-state index contributed by atoms with van der Waals surface area (Å²) in [6.45, 7) is 2.02. The lowest BCUT2D eigenvalue weighted by Gasteiger charge is -2.15. The number of aromatic carboxylic acids is 1. The Morgan fingerprint density at radius 3 is 2.59 bits per heavy atom. The smallest absolute Gasteiger partial charge is 0.335 e. The number of aromatic nitrogens is 2. The SMILES string of the molecule is Cc1c(C(=O)O)ccc2c1CC[C@@H]2NC(=O)c1cc(NC(=O)Cc2cccc(CNc3c(N)c(=O)c3=O)c2)ncn1. The van der Waals surface area contributed by atoms with Crippen LogP contribution in [0, 0.1) is 6.92 Å². The Hall–Kier alpha value is -5.39. The lowest BCUT2D eigenvalue weighted by Crippen LogP contribution is -2.36. The largest absolute Gasteiger partial charge is 0.478 e. The molecule has 0 radical (unpaired) electrons. The van der Waals surface area contributed by atoms with Crippen molar-refractivity contribution in [1.29, 1.82) is 0 Å². The number of nitrogen functional groups attached to an aromatic ring is 1. The highest BCUT2D eigenvalue weighted by Crippen LogP contribution is 2.34. The van der Waals surface area contributed by atoms with Crippen LogP contribution in [0.2, 0.25) is 0 Å². The van der Waals surface area contributed by atoms with E-state index in [-0.39, 0.29) is 53.4 Å². The number of nitrogens with one attached hydrogen (secondary N) is 3. The van der Waals surface area contributed by atoms with Crippen LogP contribution >= 0.6 is 0 Å². The number of rotatable bonds is 9. The van der Waals surface area contributed by atoms with E-state index in [1.54, 1.807) is 43.3 Å². The molecule has 1 aromatic heterocycles. The second kappa shape index (κ2) is 11.0. The van der Waals surface area contributed by atoms with Gasteiger partial charge in [-0.25, -0.2) is 14.8 Å². The average molecular weight is 555 g/mol. The molecule has 4 aromatic rings. The third kappa shape index (κ3) is 5.53. The highest BCUT2D eigenvalue weighted by Gasteiger charge is 2.28. The predicted molar refractivity (Wildman–Crippen MR) is 151 cm³/mol. The monoisotopic (exact) mass is 554 g/mol. The summed E-state index contributed by atoms with van der Waals surface area (Å²) in [5, 5.41) is 17.8. The molecule has 1 aliphatic rings. The van der Waals surface area contributed by atoms with E-state index in [0.717, 1.165) is 16.7 Å². The maximum Gasteiger partial charge on any atom is 0.335 e. The molecule has 3 aromatic carbocycles. The summed E-state index contributed by atoms with van der Waals surface area (Å²) in [6, 6.07) is 11.5. The normalized spacial score (nSPS) is 13.9. The molecule has 6 N–H and O–H groups in total. The first-order chi connectivity index (χ1) is 19.6. The van der Waals surface area contributed by atoms with E-state index in [1.165, 1.54) is 12.4 Å². The molecule has 0 unspecified atom stereocenters. The average Bonchev–Trinajstić information content (AvgIpc) is 3.36. The van der Waals surface area contributed by atoms with Gasteiger partial charge >= 0.3 is 5.97 Å². The van der Waals surface area contributed by atoms with Gasteiger partial charge in [-0.3, -0.25) is 19.2 Å². The molecule has 1 aliphatic carbocycles. The Labute approximate surface area is 233 Å². The van der Waals surface area contributed by atoms with Gasteiger partial charge in [0, 0.05) is 12.6 Å². The number of nitrogens with two attached hydrogens (primary N) is 1. The lowest BCUT2D eigenvalue weighted by atomic mass is 9.98. The van der Waals surface area contributed by atoms with Gasteiger partial charge in [-0.05, 0) is 53.6 Å². The summed E-state index contributed by atoms with van der Waals surface area (Å²) >= 11 is 0. The molecule has 0 saturated heterocycles. The van der Waals surface area contributed by atoms with Crippen molar-refractivity contribution in [3.8, 4) is 0 Å². The van der Waals surface area contributed by atoms with E-state index in [0.29, 0.717) is 24.0 Å². The Bertz CT molecular complexity index is 1770. The fourth-order valence-electron chi connectivity index (χ4n) is 5.04. The lowest BCUT2D eigenvalue weighted by molar-refractivity contribution is -0.115. The van der Waals surface area contributed by atoms with Gasteiger partial charge in [-0.15, -0.1) is 0 Å². The van der Waals surface area contributed by atoms with Gasteiger partial charge in [-0.1, -0.05) is 30.3 Å². The Morgan fingerprint density at radius 2 is 1.83 bits per heavy atom. The molecule has 0 spiro atoms. The van der Waals surface area contributed by atoms with Crippen LogP contribution in [-0.4, -0.2) is 32.9 Å². The van der Waals surface area contributed by atoms with Crippen LogP contribution in [0.15, 0.2) is 58.4 Å². The molecule has 5 rings (SSSR count). The van der Waals surface area contributed by atoms with Crippen LogP contribution in [0.25, 0.3) is 0 Å². The molecule has 41 heavy (non-hydrogen) atoms. The molecule has 1 heterocycles. The van der Waals surface area contributed by atoms with Crippen molar-refractivity contribution in [3.05, 3.63) is 108 Å². The third-order valence-corrected chi connectivity index (χ3v) is 7.17. The van der Waals surface area contributed by atoms with E-state index in [9.17, 15) is 29.1 Å². The number of nitrogens with zero attached hydrogens (tertiary/aromatic N) is 2. The number of fused-ring (bicyclic) bond motifs is 1. The highest BCUT2D eigenvalue weighted by molar-refractivity contribution is 5.96. The standard InChI is InChI=1S/C29H26N6O6/c1-14-17-7-8-20(19(17)6-5-18(14)29(40)41)34-28(39)21-11-22(33-13-32-21)35-23(36)10-15-3-2-4-16(9-15)12-31-25-24(30)26(37)27(25)38/h2-6,9,11,13,20,31H,7-8,10,12,30H2,1H3,(H,34,39)(H,40,41)(H,32,33,35,36)/t20-/m0/s1. The first-order valence-electron chi connectivity index (χ1n) is 12.8. The van der Waals surface area contributed by atoms with Gasteiger partial charge in [-0.2, -0.15) is 0 Å². The predicted octanol–water partition coefficient (Wildman–Crippen LogP) is 1.87. The summed E-state index contributed by atoms with van der Waals surface area (Å²) in [4.78, 5) is 68.0. The number of benzene rings is 2. The Balaban J connectivity index is 1.19. The maximum absolute atomic E-state index is 13.0. The van der Waals surface area contributed by atoms with Crippen molar-refractivity contribution in [1.82, 2.24) is 15.3 Å². The van der Waals surface area contributed by atoms with Crippen LogP contribution in [-0.2, 0) is 24.2 Å². The molecular formula is C29H26N6O6. The molecule has 12 nitrogen and oxygen atoms in total. The number of carbonyl (C=O) groups excluding carboxylic acids is 2. The van der Waals surface area contributed by atoms with Crippen LogP contribution in [0.4, 0.5) is 17.2 Å². The Morgan fingerprint density at radius 1 is 1.05 bits per heavy atom. The van der Waals surface area contributed by atoms with Gasteiger partial charge in [0.1, 0.15) is 29.2 Å². The van der Waals surface area contributed by atoms with E-state index >= 15 is 0 Å². The summed E-state index contributed by atoms with van der Waals surface area (Å²) in [5.41, 5.74) is 8.54. The van der Waals surface area contributed by atoms with E-state index in [2.05, 4.69) is 25.9 Å². The summed E-state index contributed by atoms with van der Waals surface area (Å²) in [6.07, 6.45) is 2.50. The van der Waals surface area contributed by atoms with Crippen molar-refractivity contribution in [2.75, 3.05) is 16.4 Å². The maximum atomic E-state index is 13.0. The number of anilines is 3. The summed E-state index contributed by atoms with van der Waals surface area (Å²) in [5.74, 6) is -1.62. The molecule has 2 amide bonds. The van der Waals surface area contributed by atoms with Crippen molar-refractivity contribution < 1.29 is 19.5 Å². The topological polar surface area (TPSA) is 193 Å². The van der Waals surface area contributed by atoms with E-state index < -0.39 is 22.7 Å². The number of carboxylic acid groups (broad SMARTS) is 1. The first-order valence-corrected chi connectivity index (χ1v) is 12.8. The second-order valence-electron chi connectivity index (χ2n) is 9.81. The second-order valence-corrected chi connectivity index (χ2v) is 9.81. The number of carboxylic acids is 1. The van der Waals surface area contributed by atoms with Crippen molar-refractivity contribution in [2.24, 2.45) is 0 Å². The van der Waals surface area contributed by atoms with Crippen LogP contribution in [0.3, 0.4) is 0 Å². The fraction of sp³-hybridized carbons (Fsp3) is 0.207. The van der Waals surface area contributed by atoms with Crippen LogP contribution in [0.5, 0.6) is 0 Å². The van der Waals surface area contributed by atoms with Crippen molar-refractivity contribution in [3.63, 3.8) is 0 Å². The van der Waals surface area contributed by atoms with Crippen LogP contribution in [0.1, 0.15) is 61.1 Å². The Kier molecular flexibility index (Phi) is 7.30. The minimum absolute atomic E-state index is 0.0260. The molecule has 208 valence electrons. The minimum atomic E-state index is -0.984. The van der Waals surface area contributed by atoms with Gasteiger partial charge in [0.2, 0.25) is 5.91 Å². The quantitative estimate of drug-likeness (QED) is 0.191.